The number of hydrogen-bond donors (Lipinski definition) is 1. The van der Waals surface area contributed by atoms with Crippen LogP contribution in [0.2, 0.25) is 0 Å². The lowest BCUT2D eigenvalue weighted by molar-refractivity contribution is 0.190. The first-order chi connectivity index (χ1) is 5.52. The maximum absolute atomic E-state index is 8.87. The molecule has 0 aromatic heterocycles. The summed E-state index contributed by atoms with van der Waals surface area (Å²) in [5.41, 5.74) is 1.55. The van der Waals surface area contributed by atoms with E-state index in [1.54, 1.807) is 0 Å². The summed E-state index contributed by atoms with van der Waals surface area (Å²) >= 11 is 0. The molecule has 2 bridgehead atoms. The van der Waals surface area contributed by atoms with Crippen molar-refractivity contribution in [3.63, 3.8) is 0 Å². The molecule has 2 heteroatoms. The minimum Gasteiger partial charge on any atom is -0.411 e. The van der Waals surface area contributed by atoms with E-state index in [0.717, 1.165) is 18.1 Å². The van der Waals surface area contributed by atoms with E-state index in [4.69, 9.17) is 5.21 Å². The molecule has 2 rings (SSSR count). The van der Waals surface area contributed by atoms with Crippen molar-refractivity contribution < 1.29 is 5.21 Å². The maximum Gasteiger partial charge on any atom is 0.0638 e. The molecule has 0 amide bonds. The smallest absolute Gasteiger partial charge is 0.0638 e. The number of rotatable bonds is 0. The Labute approximate surface area is 73.7 Å². The first-order valence-corrected chi connectivity index (χ1v) is 4.74. The van der Waals surface area contributed by atoms with Crippen molar-refractivity contribution in [3.8, 4) is 0 Å². The number of oxime groups is 1. The Hall–Kier alpha value is -0.530. The summed E-state index contributed by atoms with van der Waals surface area (Å²) in [5.74, 6) is 0.744. The molecule has 0 saturated heterocycles. The van der Waals surface area contributed by atoms with Crippen molar-refractivity contribution in [2.24, 2.45) is 21.9 Å². The first kappa shape index (κ1) is 8.09. The van der Waals surface area contributed by atoms with E-state index in [2.05, 4.69) is 25.9 Å². The Balaban J connectivity index is 2.46. The molecule has 0 spiro atoms. The van der Waals surface area contributed by atoms with Crippen molar-refractivity contribution in [2.45, 2.75) is 40.0 Å². The second-order valence-corrected chi connectivity index (χ2v) is 5.04. The predicted molar refractivity (Wildman–Crippen MR) is 48.5 cm³/mol. The van der Waals surface area contributed by atoms with Gasteiger partial charge >= 0.3 is 0 Å². The Bertz CT molecular complexity index is 244. The topological polar surface area (TPSA) is 32.6 Å². The van der Waals surface area contributed by atoms with E-state index in [0.29, 0.717) is 5.41 Å². The van der Waals surface area contributed by atoms with Crippen LogP contribution in [0.15, 0.2) is 5.16 Å². The summed E-state index contributed by atoms with van der Waals surface area (Å²) in [7, 11) is 0. The molecule has 2 nitrogen and oxygen atoms in total. The van der Waals surface area contributed by atoms with Crippen molar-refractivity contribution in [2.75, 3.05) is 0 Å². The van der Waals surface area contributed by atoms with Gasteiger partial charge in [0, 0.05) is 5.41 Å². The minimum absolute atomic E-state index is 0.173. The molecule has 2 aliphatic carbocycles. The SMILES string of the molecule is CC1(C)[C@H]2CC[C@]1(C)/C(=N/O)C2. The monoisotopic (exact) mass is 167 g/mol. The molecule has 2 fully saturated rings. The van der Waals surface area contributed by atoms with Gasteiger partial charge in [-0.3, -0.25) is 0 Å². The van der Waals surface area contributed by atoms with E-state index in [-0.39, 0.29) is 5.41 Å². The van der Waals surface area contributed by atoms with Gasteiger partial charge in [0.05, 0.1) is 5.71 Å². The third-order valence-electron chi connectivity index (χ3n) is 4.63. The summed E-state index contributed by atoms with van der Waals surface area (Å²) in [6, 6.07) is 0. The molecule has 68 valence electrons. The van der Waals surface area contributed by atoms with Crippen molar-refractivity contribution in [1.82, 2.24) is 0 Å². The predicted octanol–water partition coefficient (Wildman–Crippen LogP) is 2.66. The van der Waals surface area contributed by atoms with E-state index in [1.807, 2.05) is 0 Å². The Morgan fingerprint density at radius 3 is 2.33 bits per heavy atom. The molecule has 12 heavy (non-hydrogen) atoms. The second-order valence-electron chi connectivity index (χ2n) is 5.04. The average Bonchev–Trinajstić information content (AvgIpc) is 2.34. The summed E-state index contributed by atoms with van der Waals surface area (Å²) in [5, 5.41) is 12.3. The van der Waals surface area contributed by atoms with Gasteiger partial charge in [-0.2, -0.15) is 0 Å². The minimum atomic E-state index is 0.173. The Morgan fingerprint density at radius 2 is 2.08 bits per heavy atom. The third-order valence-corrected chi connectivity index (χ3v) is 4.63. The van der Waals surface area contributed by atoms with Crippen LogP contribution >= 0.6 is 0 Å². The summed E-state index contributed by atoms with van der Waals surface area (Å²) in [6.07, 6.45) is 3.52. The lowest BCUT2D eigenvalue weighted by Gasteiger charge is -2.33. The van der Waals surface area contributed by atoms with Crippen molar-refractivity contribution in [3.05, 3.63) is 0 Å². The highest BCUT2D eigenvalue weighted by Crippen LogP contribution is 2.63. The van der Waals surface area contributed by atoms with Crippen molar-refractivity contribution >= 4 is 5.71 Å². The average molecular weight is 167 g/mol. The largest absolute Gasteiger partial charge is 0.411 e. The highest BCUT2D eigenvalue weighted by atomic mass is 16.4. The first-order valence-electron chi connectivity index (χ1n) is 4.74. The lowest BCUT2D eigenvalue weighted by atomic mass is 9.70. The van der Waals surface area contributed by atoms with Crippen molar-refractivity contribution in [1.29, 1.82) is 0 Å². The van der Waals surface area contributed by atoms with Crippen LogP contribution in [0.3, 0.4) is 0 Å². The van der Waals surface area contributed by atoms with Gasteiger partial charge in [-0.25, -0.2) is 0 Å². The van der Waals surface area contributed by atoms with Gasteiger partial charge < -0.3 is 5.21 Å². The molecule has 0 aromatic rings. The normalized spacial score (nSPS) is 47.2. The third kappa shape index (κ3) is 0.644. The van der Waals surface area contributed by atoms with E-state index in [1.165, 1.54) is 12.8 Å². The molecule has 2 saturated carbocycles. The van der Waals surface area contributed by atoms with Crippen LogP contribution < -0.4 is 0 Å². The van der Waals surface area contributed by atoms with Crippen LogP contribution in [0.25, 0.3) is 0 Å². The van der Waals surface area contributed by atoms with Crippen LogP contribution in [-0.2, 0) is 0 Å². The zero-order valence-electron chi connectivity index (χ0n) is 8.09. The van der Waals surface area contributed by atoms with E-state index >= 15 is 0 Å². The molecule has 0 aliphatic heterocycles. The number of hydrogen-bond acceptors (Lipinski definition) is 2. The van der Waals surface area contributed by atoms with Crippen LogP contribution in [0, 0.1) is 16.7 Å². The molecule has 2 atom stereocenters. The standard InChI is InChI=1S/C10H17NO/c1-9(2)7-4-5-10(9,3)8(6-7)11-12/h7,12H,4-6H2,1-3H3/b11-8+/t7-,10+/m0/s1. The molecule has 0 heterocycles. The number of fused-ring (bicyclic) bond motifs is 2. The number of nitrogens with zero attached hydrogens (tertiary/aromatic N) is 1. The quantitative estimate of drug-likeness (QED) is 0.436. The van der Waals surface area contributed by atoms with Crippen LogP contribution in [0.5, 0.6) is 0 Å². The molecule has 0 unspecified atom stereocenters. The molecule has 2 aliphatic rings. The fourth-order valence-corrected chi connectivity index (χ4v) is 3.08. The highest BCUT2D eigenvalue weighted by molar-refractivity contribution is 5.93. The Morgan fingerprint density at radius 1 is 1.42 bits per heavy atom. The van der Waals surface area contributed by atoms with Gasteiger partial charge in [-0.15, -0.1) is 0 Å². The summed E-state index contributed by atoms with van der Waals surface area (Å²) in [4.78, 5) is 0. The van der Waals surface area contributed by atoms with Gasteiger partial charge in [0.15, 0.2) is 0 Å². The fraction of sp³-hybridized carbons (Fsp3) is 0.900. The van der Waals surface area contributed by atoms with Gasteiger partial charge in [-0.1, -0.05) is 25.9 Å². The molecule has 0 aromatic carbocycles. The van der Waals surface area contributed by atoms with E-state index in [9.17, 15) is 0 Å². The zero-order chi connectivity index (χ0) is 8.98. The van der Waals surface area contributed by atoms with Crippen LogP contribution in [-0.4, -0.2) is 10.9 Å². The summed E-state index contributed by atoms with van der Waals surface area (Å²) in [6.45, 7) is 6.86. The zero-order valence-corrected chi connectivity index (χ0v) is 8.09. The fourth-order valence-electron chi connectivity index (χ4n) is 3.08. The van der Waals surface area contributed by atoms with Gasteiger partial charge in [0.2, 0.25) is 0 Å². The molecular weight excluding hydrogens is 150 g/mol. The second kappa shape index (κ2) is 2.04. The molecule has 0 radical (unpaired) electrons. The lowest BCUT2D eigenvalue weighted by Crippen LogP contribution is -2.32. The van der Waals surface area contributed by atoms with E-state index < -0.39 is 0 Å². The Kier molecular flexibility index (Phi) is 1.37. The summed E-state index contributed by atoms with van der Waals surface area (Å²) < 4.78 is 0. The van der Waals surface area contributed by atoms with Gasteiger partial charge in [0.1, 0.15) is 0 Å². The maximum atomic E-state index is 8.87. The van der Waals surface area contributed by atoms with Gasteiger partial charge in [-0.05, 0) is 30.6 Å². The van der Waals surface area contributed by atoms with Gasteiger partial charge in [0.25, 0.3) is 0 Å². The van der Waals surface area contributed by atoms with Crippen LogP contribution in [0.1, 0.15) is 40.0 Å². The highest BCUT2D eigenvalue weighted by Gasteiger charge is 2.60. The molecule has 1 N–H and O–H groups in total. The van der Waals surface area contributed by atoms with Crippen LogP contribution in [0.4, 0.5) is 0 Å². The molecular formula is C10H17NO.